The first-order chi connectivity index (χ1) is 10.1. The van der Waals surface area contributed by atoms with E-state index in [1.807, 2.05) is 37.3 Å². The third kappa shape index (κ3) is 4.29. The normalized spacial score (nSPS) is 11.8. The monoisotopic (exact) mass is 286 g/mol. The predicted octanol–water partition coefficient (Wildman–Crippen LogP) is 2.23. The molecule has 0 saturated carbocycles. The van der Waals surface area contributed by atoms with E-state index in [2.05, 4.69) is 9.72 Å². The average Bonchev–Trinajstić information content (AvgIpc) is 2.48. The highest BCUT2D eigenvalue weighted by atomic mass is 16.5. The molecule has 1 heterocycles. The van der Waals surface area contributed by atoms with Gasteiger partial charge in [-0.1, -0.05) is 12.1 Å². The summed E-state index contributed by atoms with van der Waals surface area (Å²) in [4.78, 5) is 15.4. The summed E-state index contributed by atoms with van der Waals surface area (Å²) in [6, 6.07) is 10.5. The maximum atomic E-state index is 11.3. The summed E-state index contributed by atoms with van der Waals surface area (Å²) in [5.41, 5.74) is 7.57. The van der Waals surface area contributed by atoms with Gasteiger partial charge >= 0.3 is 5.97 Å². The molecule has 0 aliphatic rings. The highest BCUT2D eigenvalue weighted by Crippen LogP contribution is 2.22. The molecule has 0 aliphatic heterocycles. The van der Waals surface area contributed by atoms with Crippen LogP contribution in [0.4, 0.5) is 0 Å². The third-order valence-electron chi connectivity index (χ3n) is 2.99. The van der Waals surface area contributed by atoms with Crippen molar-refractivity contribution in [2.45, 2.75) is 19.4 Å². The van der Waals surface area contributed by atoms with Gasteiger partial charge in [-0.15, -0.1) is 0 Å². The number of ether oxygens (including phenoxy) is 2. The Morgan fingerprint density at radius 3 is 2.57 bits per heavy atom. The van der Waals surface area contributed by atoms with Crippen LogP contribution in [0.25, 0.3) is 0 Å². The van der Waals surface area contributed by atoms with Crippen LogP contribution in [0.2, 0.25) is 0 Å². The van der Waals surface area contributed by atoms with Crippen molar-refractivity contribution < 1.29 is 14.3 Å². The van der Waals surface area contributed by atoms with Crippen molar-refractivity contribution in [2.24, 2.45) is 5.73 Å². The van der Waals surface area contributed by atoms with Crippen LogP contribution in [-0.4, -0.2) is 24.1 Å². The zero-order valence-electron chi connectivity index (χ0n) is 12.1. The summed E-state index contributed by atoms with van der Waals surface area (Å²) in [7, 11) is 1.33. The number of carbonyl (C=O) groups is 1. The summed E-state index contributed by atoms with van der Waals surface area (Å²) in [5.74, 6) is 1.04. The first kappa shape index (κ1) is 15.0. The second kappa shape index (κ2) is 6.85. The topological polar surface area (TPSA) is 74.4 Å². The molecule has 0 bridgehead atoms. The molecule has 2 N–H and O–H groups in total. The number of aromatic nitrogens is 1. The van der Waals surface area contributed by atoms with Gasteiger partial charge in [-0.3, -0.25) is 9.78 Å². The Morgan fingerprint density at radius 1 is 1.24 bits per heavy atom. The Labute approximate surface area is 123 Å². The Morgan fingerprint density at radius 2 is 1.95 bits per heavy atom. The van der Waals surface area contributed by atoms with E-state index in [0.29, 0.717) is 6.42 Å². The van der Waals surface area contributed by atoms with Crippen molar-refractivity contribution in [1.29, 1.82) is 0 Å². The molecule has 21 heavy (non-hydrogen) atoms. The predicted molar refractivity (Wildman–Crippen MR) is 79.2 cm³/mol. The maximum absolute atomic E-state index is 11.3. The van der Waals surface area contributed by atoms with E-state index in [9.17, 15) is 4.79 Å². The minimum absolute atomic E-state index is 0.414. The molecular formula is C16H18N2O3. The van der Waals surface area contributed by atoms with Crippen LogP contribution in [-0.2, 0) is 16.0 Å². The van der Waals surface area contributed by atoms with Crippen LogP contribution >= 0.6 is 0 Å². The van der Waals surface area contributed by atoms with Crippen molar-refractivity contribution in [3.63, 3.8) is 0 Å². The minimum atomic E-state index is -0.649. The van der Waals surface area contributed by atoms with Crippen LogP contribution in [0.5, 0.6) is 11.5 Å². The molecular weight excluding hydrogens is 268 g/mol. The summed E-state index contributed by atoms with van der Waals surface area (Å²) in [6.07, 6.45) is 2.13. The molecule has 110 valence electrons. The number of esters is 1. The lowest BCUT2D eigenvalue weighted by Crippen LogP contribution is -2.33. The van der Waals surface area contributed by atoms with E-state index < -0.39 is 12.0 Å². The van der Waals surface area contributed by atoms with Gasteiger partial charge in [0.05, 0.1) is 7.11 Å². The molecule has 5 heteroatoms. The molecule has 0 unspecified atom stereocenters. The number of benzene rings is 1. The number of hydrogen-bond donors (Lipinski definition) is 1. The standard InChI is InChI=1S/C16H18N2O3/c1-11-9-14(7-8-18-11)21-13-5-3-12(4-6-13)10-15(17)16(19)20-2/h3-9,15H,10,17H2,1-2H3/t15-/m0/s1. The van der Waals surface area contributed by atoms with E-state index in [1.165, 1.54) is 7.11 Å². The smallest absolute Gasteiger partial charge is 0.322 e. The average molecular weight is 286 g/mol. The van der Waals surface area contributed by atoms with Gasteiger partial charge in [0.1, 0.15) is 17.5 Å². The lowest BCUT2D eigenvalue weighted by Gasteiger charge is -2.10. The second-order valence-electron chi connectivity index (χ2n) is 4.71. The molecule has 1 atom stereocenters. The van der Waals surface area contributed by atoms with Gasteiger partial charge in [0.25, 0.3) is 0 Å². The van der Waals surface area contributed by atoms with Crippen LogP contribution in [0.1, 0.15) is 11.3 Å². The molecule has 0 amide bonds. The van der Waals surface area contributed by atoms with Gasteiger partial charge in [0.15, 0.2) is 0 Å². The summed E-state index contributed by atoms with van der Waals surface area (Å²) in [5, 5.41) is 0. The molecule has 0 saturated heterocycles. The van der Waals surface area contributed by atoms with E-state index in [1.54, 1.807) is 12.3 Å². The van der Waals surface area contributed by atoms with Crippen LogP contribution in [0, 0.1) is 6.92 Å². The number of rotatable bonds is 5. The SMILES string of the molecule is COC(=O)[C@@H](N)Cc1ccc(Oc2ccnc(C)c2)cc1. The van der Waals surface area contributed by atoms with Crippen molar-refractivity contribution in [1.82, 2.24) is 4.98 Å². The molecule has 2 aromatic rings. The summed E-state index contributed by atoms with van der Waals surface area (Å²) < 4.78 is 10.3. The second-order valence-corrected chi connectivity index (χ2v) is 4.71. The number of carbonyl (C=O) groups excluding carboxylic acids is 1. The number of hydrogen-bond acceptors (Lipinski definition) is 5. The molecule has 0 spiro atoms. The fraction of sp³-hybridized carbons (Fsp3) is 0.250. The van der Waals surface area contributed by atoms with E-state index in [-0.39, 0.29) is 0 Å². The summed E-state index contributed by atoms with van der Waals surface area (Å²) in [6.45, 7) is 1.91. The van der Waals surface area contributed by atoms with Gasteiger partial charge in [0, 0.05) is 18.0 Å². The largest absolute Gasteiger partial charge is 0.468 e. The van der Waals surface area contributed by atoms with Gasteiger partial charge in [-0.25, -0.2) is 0 Å². The Balaban J connectivity index is 2.00. The van der Waals surface area contributed by atoms with Crippen LogP contribution in [0.15, 0.2) is 42.6 Å². The summed E-state index contributed by atoms with van der Waals surface area (Å²) >= 11 is 0. The maximum Gasteiger partial charge on any atom is 0.322 e. The highest BCUT2D eigenvalue weighted by Gasteiger charge is 2.14. The molecule has 0 radical (unpaired) electrons. The zero-order chi connectivity index (χ0) is 15.2. The third-order valence-corrected chi connectivity index (χ3v) is 2.99. The van der Waals surface area contributed by atoms with Crippen molar-refractivity contribution in [3.8, 4) is 11.5 Å². The van der Waals surface area contributed by atoms with Crippen LogP contribution < -0.4 is 10.5 Å². The number of methoxy groups -OCH3 is 1. The van der Waals surface area contributed by atoms with Crippen molar-refractivity contribution in [3.05, 3.63) is 53.9 Å². The highest BCUT2D eigenvalue weighted by molar-refractivity contribution is 5.75. The van der Waals surface area contributed by atoms with E-state index >= 15 is 0 Å². The van der Waals surface area contributed by atoms with Gasteiger partial charge in [-0.2, -0.15) is 0 Å². The lowest BCUT2D eigenvalue weighted by atomic mass is 10.1. The first-order valence-corrected chi connectivity index (χ1v) is 6.61. The fourth-order valence-electron chi connectivity index (χ4n) is 1.90. The van der Waals surface area contributed by atoms with Crippen molar-refractivity contribution in [2.75, 3.05) is 7.11 Å². The molecule has 0 fully saturated rings. The van der Waals surface area contributed by atoms with E-state index in [0.717, 1.165) is 22.8 Å². The Kier molecular flexibility index (Phi) is 4.90. The lowest BCUT2D eigenvalue weighted by molar-refractivity contribution is -0.142. The van der Waals surface area contributed by atoms with Gasteiger partial charge in [0.2, 0.25) is 0 Å². The molecule has 2 rings (SSSR count). The number of aryl methyl sites for hydroxylation is 1. The molecule has 5 nitrogen and oxygen atoms in total. The number of nitrogens with two attached hydrogens (primary N) is 1. The minimum Gasteiger partial charge on any atom is -0.468 e. The Hall–Kier alpha value is -2.40. The molecule has 1 aromatic heterocycles. The zero-order valence-corrected chi connectivity index (χ0v) is 12.1. The Bertz CT molecular complexity index is 611. The first-order valence-electron chi connectivity index (χ1n) is 6.61. The molecule has 0 aliphatic carbocycles. The quantitative estimate of drug-likeness (QED) is 0.853. The number of pyridine rings is 1. The van der Waals surface area contributed by atoms with Crippen molar-refractivity contribution >= 4 is 5.97 Å². The number of nitrogens with zero attached hydrogens (tertiary/aromatic N) is 1. The fourth-order valence-corrected chi connectivity index (χ4v) is 1.90. The van der Waals surface area contributed by atoms with E-state index in [4.69, 9.17) is 10.5 Å². The van der Waals surface area contributed by atoms with Crippen LogP contribution in [0.3, 0.4) is 0 Å². The van der Waals surface area contributed by atoms with Gasteiger partial charge < -0.3 is 15.2 Å². The molecule has 1 aromatic carbocycles. The van der Waals surface area contributed by atoms with Gasteiger partial charge in [-0.05, 0) is 37.1 Å².